The molecule has 1 N–H and O–H groups in total. The Kier molecular flexibility index (Phi) is 5.21. The van der Waals surface area contributed by atoms with Crippen LogP contribution < -0.4 is 5.32 Å². The minimum absolute atomic E-state index is 0.123. The Morgan fingerprint density at radius 2 is 1.55 bits per heavy atom. The second-order valence-corrected chi connectivity index (χ2v) is 7.45. The molecule has 2 aromatic carbocycles. The molecule has 0 unspecified atom stereocenters. The van der Waals surface area contributed by atoms with Crippen molar-refractivity contribution in [1.29, 1.82) is 0 Å². The molecule has 0 saturated heterocycles. The summed E-state index contributed by atoms with van der Waals surface area (Å²) in [6.07, 6.45) is 1.36. The molecule has 0 spiro atoms. The number of carbonyl (C=O) groups is 1. The summed E-state index contributed by atoms with van der Waals surface area (Å²) in [5.74, 6) is -0.123. The van der Waals surface area contributed by atoms with Crippen LogP contribution in [0.15, 0.2) is 53.4 Å². The van der Waals surface area contributed by atoms with Gasteiger partial charge in [-0.15, -0.1) is 0 Å². The first kappa shape index (κ1) is 16.5. The molecular formula is C16H16ClNO3S. The Morgan fingerprint density at radius 1 is 1.00 bits per heavy atom. The van der Waals surface area contributed by atoms with Gasteiger partial charge in [-0.05, 0) is 35.4 Å². The van der Waals surface area contributed by atoms with Crippen LogP contribution in [0.25, 0.3) is 0 Å². The van der Waals surface area contributed by atoms with Gasteiger partial charge in [0.1, 0.15) is 0 Å². The number of nitrogens with one attached hydrogen (secondary N) is 1. The van der Waals surface area contributed by atoms with Gasteiger partial charge in [0, 0.05) is 17.8 Å². The van der Waals surface area contributed by atoms with Crippen LogP contribution in [0.1, 0.15) is 11.1 Å². The minimum Gasteiger partial charge on any atom is -0.352 e. The van der Waals surface area contributed by atoms with Crippen LogP contribution in [-0.2, 0) is 27.6 Å². The van der Waals surface area contributed by atoms with Crippen LogP contribution in [0.4, 0.5) is 0 Å². The molecule has 22 heavy (non-hydrogen) atoms. The van der Waals surface area contributed by atoms with Gasteiger partial charge in [-0.1, -0.05) is 35.9 Å². The number of benzene rings is 2. The summed E-state index contributed by atoms with van der Waals surface area (Å²) in [6.45, 7) is 0.428. The van der Waals surface area contributed by atoms with E-state index in [-0.39, 0.29) is 17.2 Å². The number of carbonyl (C=O) groups excluding carboxylic acids is 1. The fourth-order valence-corrected chi connectivity index (χ4v) is 2.66. The fourth-order valence-electron chi connectivity index (χ4n) is 1.91. The zero-order valence-electron chi connectivity index (χ0n) is 12.0. The van der Waals surface area contributed by atoms with E-state index in [1.54, 1.807) is 24.3 Å². The summed E-state index contributed by atoms with van der Waals surface area (Å²) in [7, 11) is -3.21. The Bertz CT molecular complexity index is 753. The van der Waals surface area contributed by atoms with E-state index < -0.39 is 9.84 Å². The lowest BCUT2D eigenvalue weighted by Crippen LogP contribution is -2.24. The van der Waals surface area contributed by atoms with Crippen molar-refractivity contribution in [2.24, 2.45) is 0 Å². The summed E-state index contributed by atoms with van der Waals surface area (Å²) in [5, 5.41) is 3.47. The molecule has 4 nitrogen and oxygen atoms in total. The minimum atomic E-state index is -3.21. The molecule has 0 heterocycles. The molecule has 0 aromatic heterocycles. The second-order valence-electron chi connectivity index (χ2n) is 5.00. The molecule has 0 aliphatic carbocycles. The molecule has 0 aliphatic heterocycles. The average molecular weight is 338 g/mol. The first-order valence-corrected chi connectivity index (χ1v) is 8.92. The van der Waals surface area contributed by atoms with Crippen molar-refractivity contribution < 1.29 is 13.2 Å². The van der Waals surface area contributed by atoms with Gasteiger partial charge >= 0.3 is 0 Å². The molecule has 0 saturated carbocycles. The van der Waals surface area contributed by atoms with Crippen LogP contribution >= 0.6 is 11.6 Å². The van der Waals surface area contributed by atoms with Crippen LogP contribution in [0, 0.1) is 0 Å². The number of hydrogen-bond donors (Lipinski definition) is 1. The summed E-state index contributed by atoms with van der Waals surface area (Å²) in [4.78, 5) is 12.1. The highest BCUT2D eigenvalue weighted by molar-refractivity contribution is 7.90. The zero-order chi connectivity index (χ0) is 16.2. The third-order valence-corrected chi connectivity index (χ3v) is 4.50. The topological polar surface area (TPSA) is 63.2 Å². The summed E-state index contributed by atoms with van der Waals surface area (Å²) < 4.78 is 22.7. The van der Waals surface area contributed by atoms with E-state index in [9.17, 15) is 13.2 Å². The van der Waals surface area contributed by atoms with Crippen LogP contribution in [0.5, 0.6) is 0 Å². The van der Waals surface area contributed by atoms with Gasteiger partial charge in [0.05, 0.1) is 11.3 Å². The van der Waals surface area contributed by atoms with Gasteiger partial charge in [0.2, 0.25) is 5.91 Å². The summed E-state index contributed by atoms with van der Waals surface area (Å²) in [6, 6.07) is 13.6. The normalized spacial score (nSPS) is 11.2. The van der Waals surface area contributed by atoms with Gasteiger partial charge in [-0.25, -0.2) is 8.42 Å². The Morgan fingerprint density at radius 3 is 2.09 bits per heavy atom. The lowest BCUT2D eigenvalue weighted by atomic mass is 10.1. The van der Waals surface area contributed by atoms with Crippen molar-refractivity contribution in [1.82, 2.24) is 5.32 Å². The van der Waals surface area contributed by atoms with Crippen LogP contribution in [0.2, 0.25) is 5.02 Å². The average Bonchev–Trinajstić information content (AvgIpc) is 2.46. The summed E-state index contributed by atoms with van der Waals surface area (Å²) >= 11 is 5.80. The maximum atomic E-state index is 11.9. The molecule has 6 heteroatoms. The monoisotopic (exact) mass is 337 g/mol. The van der Waals surface area contributed by atoms with E-state index >= 15 is 0 Å². The standard InChI is InChI=1S/C16H16ClNO3S/c1-22(20,21)15-8-4-12(5-9-15)10-16(19)18-11-13-2-6-14(17)7-3-13/h2-9H,10-11H2,1H3,(H,18,19). The Labute approximate surface area is 135 Å². The Hall–Kier alpha value is -1.85. The second kappa shape index (κ2) is 6.94. The predicted octanol–water partition coefficient (Wildman–Crippen LogP) is 2.60. The molecule has 1 amide bonds. The quantitative estimate of drug-likeness (QED) is 0.912. The highest BCUT2D eigenvalue weighted by Crippen LogP contribution is 2.11. The van der Waals surface area contributed by atoms with Gasteiger partial charge < -0.3 is 5.32 Å². The summed E-state index contributed by atoms with van der Waals surface area (Å²) in [5.41, 5.74) is 1.73. The van der Waals surface area contributed by atoms with Crippen molar-refractivity contribution in [2.45, 2.75) is 17.9 Å². The molecular weight excluding hydrogens is 322 g/mol. The lowest BCUT2D eigenvalue weighted by Gasteiger charge is -2.06. The molecule has 116 valence electrons. The maximum Gasteiger partial charge on any atom is 0.224 e. The van der Waals surface area contributed by atoms with E-state index in [1.807, 2.05) is 12.1 Å². The highest BCUT2D eigenvalue weighted by atomic mass is 35.5. The third-order valence-electron chi connectivity index (χ3n) is 3.12. The lowest BCUT2D eigenvalue weighted by molar-refractivity contribution is -0.120. The van der Waals surface area contributed by atoms with E-state index in [0.29, 0.717) is 11.6 Å². The van der Waals surface area contributed by atoms with E-state index in [2.05, 4.69) is 5.32 Å². The maximum absolute atomic E-state index is 11.9. The fraction of sp³-hybridized carbons (Fsp3) is 0.188. The van der Waals surface area contributed by atoms with Crippen molar-refractivity contribution in [3.63, 3.8) is 0 Å². The number of amides is 1. The van der Waals surface area contributed by atoms with Gasteiger partial charge in [0.25, 0.3) is 0 Å². The number of halogens is 1. The molecule has 2 aromatic rings. The highest BCUT2D eigenvalue weighted by Gasteiger charge is 2.08. The smallest absolute Gasteiger partial charge is 0.224 e. The van der Waals surface area contributed by atoms with Crippen molar-refractivity contribution in [2.75, 3.05) is 6.26 Å². The van der Waals surface area contributed by atoms with Crippen molar-refractivity contribution in [3.05, 3.63) is 64.7 Å². The van der Waals surface area contributed by atoms with Crippen molar-refractivity contribution in [3.8, 4) is 0 Å². The molecule has 0 fully saturated rings. The molecule has 0 atom stereocenters. The number of rotatable bonds is 5. The molecule has 0 radical (unpaired) electrons. The third kappa shape index (κ3) is 4.86. The van der Waals surface area contributed by atoms with E-state index in [0.717, 1.165) is 17.4 Å². The predicted molar refractivity (Wildman–Crippen MR) is 86.6 cm³/mol. The van der Waals surface area contributed by atoms with Crippen molar-refractivity contribution >= 4 is 27.3 Å². The number of hydrogen-bond acceptors (Lipinski definition) is 3. The van der Waals surface area contributed by atoms with Crippen LogP contribution in [-0.4, -0.2) is 20.6 Å². The van der Waals surface area contributed by atoms with E-state index in [4.69, 9.17) is 11.6 Å². The first-order chi connectivity index (χ1) is 10.3. The van der Waals surface area contributed by atoms with Gasteiger partial charge in [-0.2, -0.15) is 0 Å². The SMILES string of the molecule is CS(=O)(=O)c1ccc(CC(=O)NCc2ccc(Cl)cc2)cc1. The Balaban J connectivity index is 1.90. The van der Waals surface area contributed by atoms with Crippen LogP contribution in [0.3, 0.4) is 0 Å². The van der Waals surface area contributed by atoms with E-state index in [1.165, 1.54) is 12.1 Å². The first-order valence-electron chi connectivity index (χ1n) is 6.65. The van der Waals surface area contributed by atoms with Gasteiger partial charge in [-0.3, -0.25) is 4.79 Å². The largest absolute Gasteiger partial charge is 0.352 e. The molecule has 0 bridgehead atoms. The molecule has 2 rings (SSSR count). The zero-order valence-corrected chi connectivity index (χ0v) is 13.6. The number of sulfone groups is 1. The van der Waals surface area contributed by atoms with Gasteiger partial charge in [0.15, 0.2) is 9.84 Å². The molecule has 0 aliphatic rings.